The highest BCUT2D eigenvalue weighted by Gasteiger charge is 2.19. The Morgan fingerprint density at radius 1 is 1.19 bits per heavy atom. The zero-order valence-corrected chi connectivity index (χ0v) is 13.5. The molecule has 0 aliphatic heterocycles. The molecule has 1 aliphatic carbocycles. The van der Waals surface area contributed by atoms with Gasteiger partial charge in [0.25, 0.3) is 0 Å². The fourth-order valence-corrected chi connectivity index (χ4v) is 4.83. The van der Waals surface area contributed by atoms with Gasteiger partial charge in [-0.2, -0.15) is 0 Å². The summed E-state index contributed by atoms with van der Waals surface area (Å²) in [5.74, 6) is 0.979. The summed E-state index contributed by atoms with van der Waals surface area (Å²) in [6, 6.07) is 0. The maximum Gasteiger partial charge on any atom is 0.138 e. The third-order valence-electron chi connectivity index (χ3n) is 4.01. The van der Waals surface area contributed by atoms with Crippen LogP contribution in [0.1, 0.15) is 33.9 Å². The SMILES string of the molecule is Cc1ncsc1CNc1ncnc2sc3c(c12)CCCC3. The number of aryl methyl sites for hydroxylation is 3. The van der Waals surface area contributed by atoms with Gasteiger partial charge in [-0.15, -0.1) is 22.7 Å². The summed E-state index contributed by atoms with van der Waals surface area (Å²) in [5, 5.41) is 4.74. The van der Waals surface area contributed by atoms with Gasteiger partial charge in [0, 0.05) is 9.75 Å². The van der Waals surface area contributed by atoms with E-state index in [1.807, 2.05) is 16.8 Å². The summed E-state index contributed by atoms with van der Waals surface area (Å²) in [6.45, 7) is 2.84. The van der Waals surface area contributed by atoms with Crippen LogP contribution >= 0.6 is 22.7 Å². The largest absolute Gasteiger partial charge is 0.364 e. The van der Waals surface area contributed by atoms with Crippen molar-refractivity contribution >= 4 is 38.7 Å². The van der Waals surface area contributed by atoms with Gasteiger partial charge in [0.15, 0.2) is 0 Å². The number of thiazole rings is 1. The van der Waals surface area contributed by atoms with Gasteiger partial charge >= 0.3 is 0 Å². The highest BCUT2D eigenvalue weighted by atomic mass is 32.1. The number of rotatable bonds is 3. The van der Waals surface area contributed by atoms with E-state index in [1.165, 1.54) is 40.0 Å². The van der Waals surface area contributed by atoms with Gasteiger partial charge in [-0.05, 0) is 38.2 Å². The fourth-order valence-electron chi connectivity index (χ4n) is 2.88. The molecule has 0 aromatic carbocycles. The molecule has 4 nitrogen and oxygen atoms in total. The number of fused-ring (bicyclic) bond motifs is 3. The average Bonchev–Trinajstić information content (AvgIpc) is 3.08. The number of aromatic nitrogens is 3. The lowest BCUT2D eigenvalue weighted by Gasteiger charge is -2.12. The van der Waals surface area contributed by atoms with Crippen LogP contribution in [0.25, 0.3) is 10.2 Å². The van der Waals surface area contributed by atoms with E-state index < -0.39 is 0 Å². The van der Waals surface area contributed by atoms with Crippen molar-refractivity contribution in [1.82, 2.24) is 15.0 Å². The van der Waals surface area contributed by atoms with Crippen LogP contribution in [0.4, 0.5) is 5.82 Å². The second kappa shape index (κ2) is 5.35. The Kier molecular flexibility index (Phi) is 3.35. The number of nitrogens with zero attached hydrogens (tertiary/aromatic N) is 3. The van der Waals surface area contributed by atoms with Crippen LogP contribution in [0.5, 0.6) is 0 Å². The normalized spacial score (nSPS) is 14.3. The quantitative estimate of drug-likeness (QED) is 0.795. The van der Waals surface area contributed by atoms with Gasteiger partial charge in [-0.25, -0.2) is 15.0 Å². The molecule has 0 saturated heterocycles. The smallest absolute Gasteiger partial charge is 0.138 e. The maximum atomic E-state index is 4.48. The molecule has 0 saturated carbocycles. The van der Waals surface area contributed by atoms with E-state index >= 15 is 0 Å². The second-order valence-electron chi connectivity index (χ2n) is 5.33. The van der Waals surface area contributed by atoms with Crippen molar-refractivity contribution in [3.63, 3.8) is 0 Å². The minimum atomic E-state index is 0.785. The number of thiophene rings is 1. The second-order valence-corrected chi connectivity index (χ2v) is 7.35. The van der Waals surface area contributed by atoms with Crippen molar-refractivity contribution in [2.45, 2.75) is 39.2 Å². The first-order chi connectivity index (χ1) is 10.3. The van der Waals surface area contributed by atoms with Crippen molar-refractivity contribution in [3.8, 4) is 0 Å². The molecule has 3 aromatic rings. The molecule has 0 atom stereocenters. The topological polar surface area (TPSA) is 50.7 Å². The summed E-state index contributed by atoms with van der Waals surface area (Å²) in [5.41, 5.74) is 4.48. The van der Waals surface area contributed by atoms with Gasteiger partial charge in [0.1, 0.15) is 17.0 Å². The molecule has 3 heterocycles. The van der Waals surface area contributed by atoms with Crippen LogP contribution in [-0.4, -0.2) is 15.0 Å². The van der Waals surface area contributed by atoms with E-state index in [9.17, 15) is 0 Å². The van der Waals surface area contributed by atoms with Gasteiger partial charge < -0.3 is 5.32 Å². The molecule has 3 aromatic heterocycles. The van der Waals surface area contributed by atoms with Crippen molar-refractivity contribution in [2.24, 2.45) is 0 Å². The average molecular weight is 316 g/mol. The van der Waals surface area contributed by atoms with Crippen molar-refractivity contribution in [3.05, 3.63) is 32.8 Å². The Morgan fingerprint density at radius 3 is 2.95 bits per heavy atom. The van der Waals surface area contributed by atoms with E-state index in [2.05, 4.69) is 27.2 Å². The molecule has 0 radical (unpaired) electrons. The maximum absolute atomic E-state index is 4.48. The molecule has 4 rings (SSSR count). The van der Waals surface area contributed by atoms with E-state index in [-0.39, 0.29) is 0 Å². The zero-order valence-electron chi connectivity index (χ0n) is 11.8. The molecule has 108 valence electrons. The lowest BCUT2D eigenvalue weighted by Crippen LogP contribution is -2.04. The van der Waals surface area contributed by atoms with Gasteiger partial charge in [-0.3, -0.25) is 0 Å². The highest BCUT2D eigenvalue weighted by molar-refractivity contribution is 7.19. The van der Waals surface area contributed by atoms with E-state index in [4.69, 9.17) is 0 Å². The first kappa shape index (κ1) is 13.2. The minimum Gasteiger partial charge on any atom is -0.364 e. The van der Waals surface area contributed by atoms with Gasteiger partial charge in [0.05, 0.1) is 23.1 Å². The number of nitrogens with one attached hydrogen (secondary N) is 1. The Bertz CT molecular complexity index is 790. The third-order valence-corrected chi connectivity index (χ3v) is 6.15. The molecule has 0 unspecified atom stereocenters. The Hall–Kier alpha value is -1.53. The minimum absolute atomic E-state index is 0.785. The predicted octanol–water partition coefficient (Wildman–Crippen LogP) is 3.95. The molecule has 0 fully saturated rings. The van der Waals surface area contributed by atoms with Crippen LogP contribution in [0.2, 0.25) is 0 Å². The number of anilines is 1. The van der Waals surface area contributed by atoms with Crippen LogP contribution in [-0.2, 0) is 19.4 Å². The number of hydrogen-bond donors (Lipinski definition) is 1. The third kappa shape index (κ3) is 2.32. The van der Waals surface area contributed by atoms with Crippen LogP contribution in [0.3, 0.4) is 0 Å². The fraction of sp³-hybridized carbons (Fsp3) is 0.400. The Morgan fingerprint density at radius 2 is 2.10 bits per heavy atom. The van der Waals surface area contributed by atoms with E-state index in [0.717, 1.165) is 29.3 Å². The predicted molar refractivity (Wildman–Crippen MR) is 88.2 cm³/mol. The molecule has 0 amide bonds. The van der Waals surface area contributed by atoms with E-state index in [1.54, 1.807) is 17.7 Å². The molecule has 0 bridgehead atoms. The van der Waals surface area contributed by atoms with Gasteiger partial charge in [0.2, 0.25) is 0 Å². The Labute approximate surface area is 131 Å². The van der Waals surface area contributed by atoms with Crippen molar-refractivity contribution in [2.75, 3.05) is 5.32 Å². The van der Waals surface area contributed by atoms with Gasteiger partial charge in [-0.1, -0.05) is 0 Å². The van der Waals surface area contributed by atoms with Crippen LogP contribution < -0.4 is 5.32 Å². The summed E-state index contributed by atoms with van der Waals surface area (Å²) in [7, 11) is 0. The van der Waals surface area contributed by atoms with Crippen LogP contribution in [0.15, 0.2) is 11.8 Å². The lowest BCUT2D eigenvalue weighted by atomic mass is 9.97. The molecular formula is C15H16N4S2. The number of hydrogen-bond acceptors (Lipinski definition) is 6. The van der Waals surface area contributed by atoms with Crippen LogP contribution in [0, 0.1) is 6.92 Å². The first-order valence-corrected chi connectivity index (χ1v) is 8.90. The molecular weight excluding hydrogens is 300 g/mol. The molecule has 1 N–H and O–H groups in total. The monoisotopic (exact) mass is 316 g/mol. The first-order valence-electron chi connectivity index (χ1n) is 7.21. The highest BCUT2D eigenvalue weighted by Crippen LogP contribution is 2.38. The summed E-state index contributed by atoms with van der Waals surface area (Å²) in [6.07, 6.45) is 6.62. The molecule has 1 aliphatic rings. The standard InChI is InChI=1S/C15H16N4S2/c1-9-12(20-8-19-9)6-16-14-13-10-4-2-3-5-11(10)21-15(13)18-7-17-14/h7-8H,2-6H2,1H3,(H,16,17,18). The lowest BCUT2D eigenvalue weighted by molar-refractivity contribution is 0.700. The summed E-state index contributed by atoms with van der Waals surface area (Å²) in [4.78, 5) is 17.2. The summed E-state index contributed by atoms with van der Waals surface area (Å²) >= 11 is 3.53. The molecule has 21 heavy (non-hydrogen) atoms. The molecule has 6 heteroatoms. The van der Waals surface area contributed by atoms with E-state index in [0.29, 0.717) is 0 Å². The van der Waals surface area contributed by atoms with Crippen molar-refractivity contribution < 1.29 is 0 Å². The van der Waals surface area contributed by atoms with Crippen molar-refractivity contribution in [1.29, 1.82) is 0 Å². The summed E-state index contributed by atoms with van der Waals surface area (Å²) < 4.78 is 0. The Balaban J connectivity index is 1.71. The molecule has 0 spiro atoms. The zero-order chi connectivity index (χ0) is 14.2.